The van der Waals surface area contributed by atoms with Crippen LogP contribution in [0.25, 0.3) is 97.1 Å². The normalized spacial score (nSPS) is 15.2. The molecule has 0 aliphatic heterocycles. The average Bonchev–Trinajstić information content (AvgIpc) is 3.91. The number of hydrogen-bond acceptors (Lipinski definition) is 1. The van der Waals surface area contributed by atoms with Crippen LogP contribution in [0.2, 0.25) is 0 Å². The van der Waals surface area contributed by atoms with Crippen molar-refractivity contribution in [2.24, 2.45) is 0 Å². The lowest BCUT2D eigenvalue weighted by molar-refractivity contribution is 0.332. The SMILES string of the molecule is CC1(C)CCC(C)(C)c2cc3c(cc21)c1c2ccccc2c2c4ccccc4n(-c4ccccc4)c2c1n3-c1cccc(-c2cccc3sc4ccccc4c23)c1. The molecule has 11 aromatic rings. The summed E-state index contributed by atoms with van der Waals surface area (Å²) in [5.41, 5.74) is 13.0. The van der Waals surface area contributed by atoms with Crippen LogP contribution in [0.1, 0.15) is 51.7 Å². The predicted molar refractivity (Wildman–Crippen MR) is 246 cm³/mol. The van der Waals surface area contributed by atoms with Gasteiger partial charge in [-0.1, -0.05) is 131 Å². The Morgan fingerprint density at radius 2 is 0.982 bits per heavy atom. The van der Waals surface area contributed by atoms with E-state index in [1.54, 1.807) is 0 Å². The van der Waals surface area contributed by atoms with Gasteiger partial charge in [0.1, 0.15) is 0 Å². The molecule has 12 rings (SSSR count). The molecule has 3 aromatic heterocycles. The lowest BCUT2D eigenvalue weighted by atomic mass is 9.63. The molecule has 0 saturated carbocycles. The van der Waals surface area contributed by atoms with Crippen LogP contribution in [0, 0.1) is 0 Å². The van der Waals surface area contributed by atoms with Gasteiger partial charge in [0.2, 0.25) is 0 Å². The van der Waals surface area contributed by atoms with Crippen molar-refractivity contribution in [2.75, 3.05) is 0 Å². The van der Waals surface area contributed by atoms with Crippen LogP contribution < -0.4 is 0 Å². The number of fused-ring (bicyclic) bond motifs is 14. The quantitative estimate of drug-likeness (QED) is 0.170. The number of nitrogens with zero attached hydrogens (tertiary/aromatic N) is 2. The fourth-order valence-corrected chi connectivity index (χ4v) is 11.6. The van der Waals surface area contributed by atoms with Gasteiger partial charge in [0.25, 0.3) is 0 Å². The minimum absolute atomic E-state index is 0.0636. The summed E-state index contributed by atoms with van der Waals surface area (Å²) >= 11 is 1.88. The smallest absolute Gasteiger partial charge is 0.0795 e. The highest BCUT2D eigenvalue weighted by atomic mass is 32.1. The zero-order chi connectivity index (χ0) is 38.2. The van der Waals surface area contributed by atoms with E-state index in [9.17, 15) is 0 Å². The molecule has 0 saturated heterocycles. The molecule has 0 spiro atoms. The molecule has 3 heterocycles. The van der Waals surface area contributed by atoms with Crippen molar-refractivity contribution in [3.63, 3.8) is 0 Å². The van der Waals surface area contributed by atoms with Gasteiger partial charge in [-0.3, -0.25) is 0 Å². The highest BCUT2D eigenvalue weighted by Gasteiger charge is 2.38. The summed E-state index contributed by atoms with van der Waals surface area (Å²) in [5, 5.41) is 10.5. The second-order valence-corrected chi connectivity index (χ2v) is 18.6. The third-order valence-corrected chi connectivity index (χ3v) is 14.5. The summed E-state index contributed by atoms with van der Waals surface area (Å²) in [6.45, 7) is 9.81. The van der Waals surface area contributed by atoms with E-state index in [-0.39, 0.29) is 10.8 Å². The molecule has 1 aliphatic carbocycles. The van der Waals surface area contributed by atoms with Crippen molar-refractivity contribution >= 4 is 85.9 Å². The van der Waals surface area contributed by atoms with Crippen molar-refractivity contribution < 1.29 is 0 Å². The van der Waals surface area contributed by atoms with E-state index in [1.807, 2.05) is 11.3 Å². The molecule has 0 unspecified atom stereocenters. The van der Waals surface area contributed by atoms with Crippen molar-refractivity contribution in [1.29, 1.82) is 0 Å². The van der Waals surface area contributed by atoms with Crippen LogP contribution in [-0.4, -0.2) is 9.13 Å². The van der Waals surface area contributed by atoms with Gasteiger partial charge in [-0.15, -0.1) is 11.3 Å². The fraction of sp³-hybridized carbons (Fsp3) is 0.148. The molecular weight excluding hydrogens is 709 g/mol. The Balaban J connectivity index is 1.31. The van der Waals surface area contributed by atoms with Crippen molar-refractivity contribution in [1.82, 2.24) is 9.13 Å². The van der Waals surface area contributed by atoms with Gasteiger partial charge in [-0.2, -0.15) is 0 Å². The van der Waals surface area contributed by atoms with Gasteiger partial charge in [0.15, 0.2) is 0 Å². The second-order valence-electron chi connectivity index (χ2n) is 17.5. The number of thiophene rings is 1. The third kappa shape index (κ3) is 4.58. The minimum atomic E-state index is 0.0636. The molecule has 274 valence electrons. The molecule has 57 heavy (non-hydrogen) atoms. The number of benzene rings is 8. The van der Waals surface area contributed by atoms with Gasteiger partial charge < -0.3 is 9.13 Å². The standard InChI is InChI=1S/C54H42N2S/c1-53(2)28-29-54(3,4)43-32-45-41(31-42(43)53)50-38-21-9-8-20-37(38)49-39-22-10-12-25-44(39)55(34-17-6-5-7-18-34)51(49)52(50)56(45)35-19-14-16-33(30-35)36-24-15-27-47-48(36)40-23-11-13-26-46(40)57-47/h5-27,30-32H,28-29H2,1-4H3. The first kappa shape index (κ1) is 33.0. The summed E-state index contributed by atoms with van der Waals surface area (Å²) in [7, 11) is 0. The van der Waals surface area contributed by atoms with Crippen molar-refractivity contribution in [3.05, 3.63) is 169 Å². The number of rotatable bonds is 3. The molecular formula is C54H42N2S. The molecule has 1 aliphatic rings. The molecule has 2 nitrogen and oxygen atoms in total. The molecule has 0 radical (unpaired) electrons. The van der Waals surface area contributed by atoms with E-state index in [4.69, 9.17) is 0 Å². The fourth-order valence-electron chi connectivity index (χ4n) is 10.4. The van der Waals surface area contributed by atoms with E-state index in [2.05, 4.69) is 195 Å². The zero-order valence-corrected chi connectivity index (χ0v) is 33.5. The van der Waals surface area contributed by atoms with Crippen LogP contribution in [0.4, 0.5) is 0 Å². The van der Waals surface area contributed by atoms with Crippen LogP contribution in [0.5, 0.6) is 0 Å². The van der Waals surface area contributed by atoms with Crippen molar-refractivity contribution in [3.8, 4) is 22.5 Å². The Hall–Kier alpha value is -6.16. The number of hydrogen-bond donors (Lipinski definition) is 0. The minimum Gasteiger partial charge on any atom is -0.307 e. The first-order chi connectivity index (χ1) is 27.8. The molecule has 0 amide bonds. The number of aromatic nitrogens is 2. The lowest BCUT2D eigenvalue weighted by Crippen LogP contribution is -2.33. The van der Waals surface area contributed by atoms with Gasteiger partial charge in [0, 0.05) is 53.1 Å². The zero-order valence-electron chi connectivity index (χ0n) is 32.7. The van der Waals surface area contributed by atoms with E-state index in [0.717, 1.165) is 0 Å². The Morgan fingerprint density at radius 3 is 1.74 bits per heavy atom. The molecule has 3 heteroatoms. The molecule has 0 atom stereocenters. The molecule has 8 aromatic carbocycles. The van der Waals surface area contributed by atoms with E-state index >= 15 is 0 Å². The maximum Gasteiger partial charge on any atom is 0.0795 e. The van der Waals surface area contributed by atoms with Crippen LogP contribution in [0.3, 0.4) is 0 Å². The van der Waals surface area contributed by atoms with E-state index in [1.165, 1.54) is 121 Å². The van der Waals surface area contributed by atoms with Gasteiger partial charge in [-0.05, 0) is 111 Å². The van der Waals surface area contributed by atoms with Gasteiger partial charge >= 0.3 is 0 Å². The average molecular weight is 751 g/mol. The Labute approximate surface area is 336 Å². The largest absolute Gasteiger partial charge is 0.307 e. The van der Waals surface area contributed by atoms with Crippen LogP contribution >= 0.6 is 11.3 Å². The van der Waals surface area contributed by atoms with Crippen LogP contribution in [-0.2, 0) is 10.8 Å². The third-order valence-electron chi connectivity index (χ3n) is 13.3. The topological polar surface area (TPSA) is 9.86 Å². The summed E-state index contributed by atoms with van der Waals surface area (Å²) in [6, 6.07) is 59.3. The highest BCUT2D eigenvalue weighted by Crippen LogP contribution is 2.52. The Bertz CT molecular complexity index is 3460. The maximum absolute atomic E-state index is 2.63. The predicted octanol–water partition coefficient (Wildman–Crippen LogP) is 15.4. The second kappa shape index (κ2) is 11.7. The summed E-state index contributed by atoms with van der Waals surface area (Å²) in [4.78, 5) is 0. The van der Waals surface area contributed by atoms with Gasteiger partial charge in [0.05, 0.1) is 22.1 Å². The number of para-hydroxylation sites is 2. The summed E-state index contributed by atoms with van der Waals surface area (Å²) in [6.07, 6.45) is 2.34. The maximum atomic E-state index is 2.63. The summed E-state index contributed by atoms with van der Waals surface area (Å²) < 4.78 is 7.82. The van der Waals surface area contributed by atoms with Crippen LogP contribution in [0.15, 0.2) is 158 Å². The molecule has 0 N–H and O–H groups in total. The monoisotopic (exact) mass is 750 g/mol. The first-order valence-electron chi connectivity index (χ1n) is 20.3. The summed E-state index contributed by atoms with van der Waals surface area (Å²) in [5.74, 6) is 0. The highest BCUT2D eigenvalue weighted by molar-refractivity contribution is 7.25. The van der Waals surface area contributed by atoms with Crippen molar-refractivity contribution in [2.45, 2.75) is 51.4 Å². The molecule has 0 bridgehead atoms. The molecule has 0 fully saturated rings. The Morgan fingerprint density at radius 1 is 0.421 bits per heavy atom. The Kier molecular flexibility index (Phi) is 6.77. The van der Waals surface area contributed by atoms with Gasteiger partial charge in [-0.25, -0.2) is 0 Å². The lowest BCUT2D eigenvalue weighted by Gasteiger charge is -2.42. The van der Waals surface area contributed by atoms with E-state index in [0.29, 0.717) is 0 Å². The first-order valence-corrected chi connectivity index (χ1v) is 21.1. The van der Waals surface area contributed by atoms with E-state index < -0.39 is 0 Å².